The molecule has 0 saturated heterocycles. The van der Waals surface area contributed by atoms with Crippen LogP contribution in [0, 0.1) is 0 Å². The zero-order chi connectivity index (χ0) is 20.1. The van der Waals surface area contributed by atoms with Gasteiger partial charge < -0.3 is 4.43 Å². The maximum atomic E-state index is 6.02. The van der Waals surface area contributed by atoms with Crippen LogP contribution < -0.4 is 0 Å². The van der Waals surface area contributed by atoms with E-state index in [2.05, 4.69) is 20.8 Å². The third kappa shape index (κ3) is 17.1. The molecular formula is C24H49ClOSi. The van der Waals surface area contributed by atoms with Gasteiger partial charge >= 0.3 is 9.07 Å². The van der Waals surface area contributed by atoms with Crippen LogP contribution in [0.25, 0.3) is 0 Å². The topological polar surface area (TPSA) is 9.23 Å². The molecule has 0 N–H and O–H groups in total. The summed E-state index contributed by atoms with van der Waals surface area (Å²) in [5.41, 5.74) is 0.0697. The van der Waals surface area contributed by atoms with Crippen molar-refractivity contribution in [2.75, 3.05) is 0 Å². The second-order valence-electron chi connectivity index (χ2n) is 8.56. The normalized spacial score (nSPS) is 12.0. The molecule has 0 aromatic carbocycles. The third-order valence-corrected chi connectivity index (χ3v) is 6.64. The van der Waals surface area contributed by atoms with Crippen LogP contribution in [-0.2, 0) is 4.43 Å². The summed E-state index contributed by atoms with van der Waals surface area (Å²) in [4.78, 5) is 0. The average molecular weight is 417 g/mol. The first-order chi connectivity index (χ1) is 13.2. The zero-order valence-electron chi connectivity index (χ0n) is 18.9. The molecule has 0 fully saturated rings. The summed E-state index contributed by atoms with van der Waals surface area (Å²) in [6, 6.07) is 0. The summed E-state index contributed by atoms with van der Waals surface area (Å²) < 4.78 is 6.02. The molecule has 162 valence electrons. The largest absolute Gasteiger partial charge is 0.397 e. The average Bonchev–Trinajstić information content (AvgIpc) is 2.65. The maximum Gasteiger partial charge on any atom is 0.357 e. The van der Waals surface area contributed by atoms with Gasteiger partial charge in [-0.1, -0.05) is 130 Å². The van der Waals surface area contributed by atoms with Gasteiger partial charge in [0.2, 0.25) is 0 Å². The van der Waals surface area contributed by atoms with Crippen LogP contribution in [0.1, 0.15) is 149 Å². The van der Waals surface area contributed by atoms with Gasteiger partial charge in [0.05, 0.1) is 5.60 Å². The van der Waals surface area contributed by atoms with Crippen LogP contribution in [0.5, 0.6) is 0 Å². The highest BCUT2D eigenvalue weighted by molar-refractivity contribution is 6.90. The standard InChI is InChI=1S/C24H49ClOSi/c1-4-7-8-9-10-11-12-13-14-15-16-17-18-19-20-23-24(21-5-2,22-6-3)26-27-25/h4-23H2,1-3H3. The fourth-order valence-electron chi connectivity index (χ4n) is 4.34. The second kappa shape index (κ2) is 21.2. The van der Waals surface area contributed by atoms with Crippen molar-refractivity contribution in [3.8, 4) is 0 Å². The molecule has 0 aliphatic rings. The van der Waals surface area contributed by atoms with Crippen LogP contribution in [0.2, 0.25) is 0 Å². The quantitative estimate of drug-likeness (QED) is 0.0969. The minimum atomic E-state index is 0.0697. The van der Waals surface area contributed by atoms with Gasteiger partial charge in [0, 0.05) is 0 Å². The molecule has 0 bridgehead atoms. The Kier molecular flexibility index (Phi) is 21.5. The third-order valence-electron chi connectivity index (χ3n) is 5.90. The molecule has 27 heavy (non-hydrogen) atoms. The van der Waals surface area contributed by atoms with Crippen molar-refractivity contribution in [3.05, 3.63) is 0 Å². The number of unbranched alkanes of at least 4 members (excludes halogenated alkanes) is 14. The van der Waals surface area contributed by atoms with Gasteiger partial charge in [0.25, 0.3) is 0 Å². The fourth-order valence-corrected chi connectivity index (χ4v) is 5.30. The van der Waals surface area contributed by atoms with Crippen LogP contribution >= 0.6 is 11.1 Å². The summed E-state index contributed by atoms with van der Waals surface area (Å²) in [5, 5.41) is 0. The van der Waals surface area contributed by atoms with E-state index in [-0.39, 0.29) is 14.7 Å². The summed E-state index contributed by atoms with van der Waals surface area (Å²) >= 11 is 5.93. The van der Waals surface area contributed by atoms with E-state index in [1.807, 2.05) is 0 Å². The highest BCUT2D eigenvalue weighted by atomic mass is 35.6. The van der Waals surface area contributed by atoms with Crippen molar-refractivity contribution in [1.29, 1.82) is 0 Å². The van der Waals surface area contributed by atoms with Crippen LogP contribution in [0.3, 0.4) is 0 Å². The van der Waals surface area contributed by atoms with E-state index in [1.165, 1.54) is 128 Å². The minimum Gasteiger partial charge on any atom is -0.397 e. The Labute approximate surface area is 179 Å². The number of halogens is 1. The predicted molar refractivity (Wildman–Crippen MR) is 125 cm³/mol. The van der Waals surface area contributed by atoms with Gasteiger partial charge in [-0.05, 0) is 19.3 Å². The molecule has 0 rings (SSSR count). The Morgan fingerprint density at radius 2 is 0.889 bits per heavy atom. The van der Waals surface area contributed by atoms with E-state index in [0.29, 0.717) is 0 Å². The van der Waals surface area contributed by atoms with Crippen molar-refractivity contribution < 1.29 is 4.43 Å². The predicted octanol–water partition coefficient (Wildman–Crippen LogP) is 9.38. The first kappa shape index (κ1) is 27.5. The maximum absolute atomic E-state index is 6.02. The molecule has 2 radical (unpaired) electrons. The van der Waals surface area contributed by atoms with Gasteiger partial charge in [-0.25, -0.2) is 0 Å². The van der Waals surface area contributed by atoms with E-state index in [0.717, 1.165) is 0 Å². The molecule has 0 unspecified atom stereocenters. The second-order valence-corrected chi connectivity index (χ2v) is 9.38. The molecule has 0 saturated carbocycles. The lowest BCUT2D eigenvalue weighted by molar-refractivity contribution is 0.0442. The van der Waals surface area contributed by atoms with Crippen molar-refractivity contribution in [1.82, 2.24) is 0 Å². The van der Waals surface area contributed by atoms with Gasteiger partial charge in [0.15, 0.2) is 0 Å². The first-order valence-electron chi connectivity index (χ1n) is 12.3. The Balaban J connectivity index is 3.49. The lowest BCUT2D eigenvalue weighted by atomic mass is 9.87. The molecule has 0 aromatic heterocycles. The number of hydrogen-bond donors (Lipinski definition) is 0. The van der Waals surface area contributed by atoms with Gasteiger partial charge in [0.1, 0.15) is 0 Å². The summed E-state index contributed by atoms with van der Waals surface area (Å²) in [5.74, 6) is 0. The summed E-state index contributed by atoms with van der Waals surface area (Å²) in [6.45, 7) is 6.82. The molecule has 0 atom stereocenters. The summed E-state index contributed by atoms with van der Waals surface area (Å²) in [7, 11) is 0.112. The molecule has 3 heteroatoms. The molecule has 0 amide bonds. The fraction of sp³-hybridized carbons (Fsp3) is 1.00. The summed E-state index contributed by atoms with van der Waals surface area (Å²) in [6.07, 6.45) is 27.3. The minimum absolute atomic E-state index is 0.0697. The van der Waals surface area contributed by atoms with E-state index < -0.39 is 0 Å². The first-order valence-corrected chi connectivity index (χ1v) is 14.2. The number of hydrogen-bond acceptors (Lipinski definition) is 1. The van der Waals surface area contributed by atoms with Crippen LogP contribution in [0.4, 0.5) is 0 Å². The van der Waals surface area contributed by atoms with E-state index in [4.69, 9.17) is 15.5 Å². The zero-order valence-corrected chi connectivity index (χ0v) is 20.7. The Morgan fingerprint density at radius 3 is 1.22 bits per heavy atom. The van der Waals surface area contributed by atoms with Crippen molar-refractivity contribution in [3.63, 3.8) is 0 Å². The molecular weight excluding hydrogens is 368 g/mol. The monoisotopic (exact) mass is 416 g/mol. The lowest BCUT2D eigenvalue weighted by Crippen LogP contribution is -2.33. The smallest absolute Gasteiger partial charge is 0.357 e. The van der Waals surface area contributed by atoms with E-state index in [1.54, 1.807) is 0 Å². The molecule has 0 heterocycles. The van der Waals surface area contributed by atoms with Gasteiger partial charge in [-0.3, -0.25) is 0 Å². The highest BCUT2D eigenvalue weighted by Crippen LogP contribution is 2.30. The Hall–Kier alpha value is 0.467. The van der Waals surface area contributed by atoms with Crippen LogP contribution in [0.15, 0.2) is 0 Å². The van der Waals surface area contributed by atoms with E-state index in [9.17, 15) is 0 Å². The Morgan fingerprint density at radius 1 is 0.519 bits per heavy atom. The SMILES string of the molecule is CCCCCCCCCCCCCCCCCC(CCC)(CCC)O[Si]Cl. The molecule has 0 aliphatic carbocycles. The lowest BCUT2D eigenvalue weighted by Gasteiger charge is -2.33. The van der Waals surface area contributed by atoms with Crippen molar-refractivity contribution >= 4 is 20.2 Å². The van der Waals surface area contributed by atoms with Crippen molar-refractivity contribution in [2.24, 2.45) is 0 Å². The van der Waals surface area contributed by atoms with Crippen molar-refractivity contribution in [2.45, 2.75) is 155 Å². The molecule has 0 aliphatic heterocycles. The van der Waals surface area contributed by atoms with Gasteiger partial charge in [-0.2, -0.15) is 0 Å². The Bertz CT molecular complexity index is 269. The molecule has 0 aromatic rings. The number of rotatable bonds is 22. The highest BCUT2D eigenvalue weighted by Gasteiger charge is 2.28. The van der Waals surface area contributed by atoms with Crippen LogP contribution in [-0.4, -0.2) is 14.7 Å². The molecule has 0 spiro atoms. The molecule has 1 nitrogen and oxygen atoms in total. The van der Waals surface area contributed by atoms with E-state index >= 15 is 0 Å². The van der Waals surface area contributed by atoms with Gasteiger partial charge in [-0.15, -0.1) is 11.1 Å².